The molecule has 0 amide bonds. The van der Waals surface area contributed by atoms with Gasteiger partial charge < -0.3 is 4.74 Å². The van der Waals surface area contributed by atoms with Gasteiger partial charge in [0.05, 0.1) is 0 Å². The lowest BCUT2D eigenvalue weighted by Gasteiger charge is -2.22. The van der Waals surface area contributed by atoms with Gasteiger partial charge in [-0.1, -0.05) is 30.3 Å². The highest BCUT2D eigenvalue weighted by Crippen LogP contribution is 2.03. The Morgan fingerprint density at radius 2 is 2.00 bits per heavy atom. The molecule has 1 aromatic carbocycles. The second-order valence-corrected chi connectivity index (χ2v) is 3.03. The summed E-state index contributed by atoms with van der Waals surface area (Å²) in [6.07, 6.45) is -0.333. The number of nitrogens with zero attached hydrogens (tertiary/aromatic N) is 1. The Labute approximate surface area is 79.1 Å². The molecular formula is C10H16N2O. The minimum atomic E-state index is -0.333. The molecule has 0 radical (unpaired) electrons. The first-order chi connectivity index (χ1) is 6.24. The number of hydrogen-bond donors (Lipinski definition) is 1. The molecule has 1 rings (SSSR count). The lowest BCUT2D eigenvalue weighted by molar-refractivity contribution is -0.0171. The van der Waals surface area contributed by atoms with Crippen LogP contribution in [0, 0.1) is 0 Å². The maximum absolute atomic E-state index is 5.67. The monoisotopic (exact) mass is 180 g/mol. The van der Waals surface area contributed by atoms with Gasteiger partial charge in [-0.15, -0.1) is 0 Å². The Morgan fingerprint density at radius 3 is 2.54 bits per heavy atom. The third-order valence-electron chi connectivity index (χ3n) is 1.95. The second kappa shape index (κ2) is 4.97. The Bertz CT molecular complexity index is 238. The van der Waals surface area contributed by atoms with Crippen molar-refractivity contribution < 1.29 is 4.74 Å². The van der Waals surface area contributed by atoms with Crippen LogP contribution in [0.25, 0.3) is 0 Å². The van der Waals surface area contributed by atoms with Gasteiger partial charge in [0.1, 0.15) is 0 Å². The van der Waals surface area contributed by atoms with E-state index in [0.717, 1.165) is 6.54 Å². The van der Waals surface area contributed by atoms with Crippen LogP contribution < -0.4 is 5.73 Å². The number of hydrogen-bond acceptors (Lipinski definition) is 3. The van der Waals surface area contributed by atoms with Crippen LogP contribution in [0.3, 0.4) is 0 Å². The smallest absolute Gasteiger partial charge is 0.163 e. The number of nitrogens with two attached hydrogens (primary N) is 1. The third-order valence-corrected chi connectivity index (χ3v) is 1.95. The zero-order valence-corrected chi connectivity index (χ0v) is 8.10. The summed E-state index contributed by atoms with van der Waals surface area (Å²) in [4.78, 5) is 1.94. The molecule has 1 unspecified atom stereocenters. The summed E-state index contributed by atoms with van der Waals surface area (Å²) in [5.74, 6) is 0. The molecule has 0 bridgehead atoms. The van der Waals surface area contributed by atoms with Crippen LogP contribution in [0.1, 0.15) is 5.56 Å². The molecule has 0 spiro atoms. The van der Waals surface area contributed by atoms with Gasteiger partial charge in [-0.2, -0.15) is 0 Å². The summed E-state index contributed by atoms with van der Waals surface area (Å²) < 4.78 is 4.99. The van der Waals surface area contributed by atoms with Gasteiger partial charge in [-0.25, -0.2) is 0 Å². The van der Waals surface area contributed by atoms with Crippen LogP contribution in [0.15, 0.2) is 30.3 Å². The maximum Gasteiger partial charge on any atom is 0.163 e. The average Bonchev–Trinajstić information content (AvgIpc) is 2.18. The van der Waals surface area contributed by atoms with Crippen LogP contribution in [0.4, 0.5) is 0 Å². The van der Waals surface area contributed by atoms with E-state index in [2.05, 4.69) is 12.1 Å². The highest BCUT2D eigenvalue weighted by Gasteiger charge is 2.07. The molecule has 0 aromatic heterocycles. The normalized spacial score (nSPS) is 13.2. The van der Waals surface area contributed by atoms with Crippen molar-refractivity contribution in [2.24, 2.45) is 5.73 Å². The van der Waals surface area contributed by atoms with Crippen molar-refractivity contribution in [2.45, 2.75) is 12.9 Å². The summed E-state index contributed by atoms with van der Waals surface area (Å²) in [6.45, 7) is 0.801. The minimum absolute atomic E-state index is 0.333. The Kier molecular flexibility index (Phi) is 3.89. The number of ether oxygens (including phenoxy) is 1. The first kappa shape index (κ1) is 10.2. The van der Waals surface area contributed by atoms with Crippen molar-refractivity contribution in [3.8, 4) is 0 Å². The van der Waals surface area contributed by atoms with E-state index in [4.69, 9.17) is 10.5 Å². The van der Waals surface area contributed by atoms with Crippen molar-refractivity contribution in [3.05, 3.63) is 35.9 Å². The molecule has 72 valence electrons. The van der Waals surface area contributed by atoms with Crippen LogP contribution in [-0.2, 0) is 11.3 Å². The molecule has 0 aliphatic heterocycles. The Morgan fingerprint density at radius 1 is 1.38 bits per heavy atom. The topological polar surface area (TPSA) is 38.5 Å². The summed E-state index contributed by atoms with van der Waals surface area (Å²) >= 11 is 0. The molecular weight excluding hydrogens is 164 g/mol. The fourth-order valence-electron chi connectivity index (χ4n) is 1.14. The summed E-state index contributed by atoms with van der Waals surface area (Å²) in [5.41, 5.74) is 6.90. The first-order valence-corrected chi connectivity index (χ1v) is 4.26. The average molecular weight is 180 g/mol. The molecule has 13 heavy (non-hydrogen) atoms. The lowest BCUT2D eigenvalue weighted by Crippen LogP contribution is -2.40. The number of benzene rings is 1. The molecule has 0 aliphatic rings. The zero-order chi connectivity index (χ0) is 9.68. The van der Waals surface area contributed by atoms with Gasteiger partial charge >= 0.3 is 0 Å². The third kappa shape index (κ3) is 3.14. The van der Waals surface area contributed by atoms with Crippen LogP contribution >= 0.6 is 0 Å². The highest BCUT2D eigenvalue weighted by molar-refractivity contribution is 5.14. The van der Waals surface area contributed by atoms with E-state index >= 15 is 0 Å². The van der Waals surface area contributed by atoms with Crippen LogP contribution in [0.5, 0.6) is 0 Å². The fraction of sp³-hybridized carbons (Fsp3) is 0.400. The molecule has 0 saturated heterocycles. The van der Waals surface area contributed by atoms with Gasteiger partial charge in [0.25, 0.3) is 0 Å². The highest BCUT2D eigenvalue weighted by atomic mass is 16.5. The van der Waals surface area contributed by atoms with E-state index in [1.165, 1.54) is 5.56 Å². The molecule has 2 N–H and O–H groups in total. The van der Waals surface area contributed by atoms with Crippen molar-refractivity contribution in [2.75, 3.05) is 14.2 Å². The SMILES string of the molecule is COC(N)N(C)Cc1ccccc1. The fourth-order valence-corrected chi connectivity index (χ4v) is 1.14. The first-order valence-electron chi connectivity index (χ1n) is 4.26. The van der Waals surface area contributed by atoms with E-state index in [0.29, 0.717) is 0 Å². The standard InChI is InChI=1S/C10H16N2O/c1-12(10(11)13-2)8-9-6-4-3-5-7-9/h3-7,10H,8,11H2,1-2H3. The van der Waals surface area contributed by atoms with E-state index in [-0.39, 0.29) is 6.35 Å². The molecule has 0 fully saturated rings. The Hall–Kier alpha value is -0.900. The van der Waals surface area contributed by atoms with Gasteiger partial charge in [0, 0.05) is 13.7 Å². The van der Waals surface area contributed by atoms with E-state index in [1.54, 1.807) is 7.11 Å². The van der Waals surface area contributed by atoms with E-state index in [9.17, 15) is 0 Å². The van der Waals surface area contributed by atoms with Gasteiger partial charge in [0.15, 0.2) is 6.35 Å². The molecule has 1 aromatic rings. The molecule has 0 saturated carbocycles. The van der Waals surface area contributed by atoms with Crippen molar-refractivity contribution in [3.63, 3.8) is 0 Å². The van der Waals surface area contributed by atoms with Gasteiger partial charge in [-0.3, -0.25) is 10.6 Å². The molecule has 0 aliphatic carbocycles. The summed E-state index contributed by atoms with van der Waals surface area (Å²) in [6, 6.07) is 10.2. The minimum Gasteiger partial charge on any atom is -0.353 e. The molecule has 1 atom stereocenters. The van der Waals surface area contributed by atoms with Gasteiger partial charge in [-0.05, 0) is 12.6 Å². The van der Waals surface area contributed by atoms with Crippen LogP contribution in [-0.4, -0.2) is 25.4 Å². The zero-order valence-electron chi connectivity index (χ0n) is 8.10. The van der Waals surface area contributed by atoms with Gasteiger partial charge in [0.2, 0.25) is 0 Å². The summed E-state index contributed by atoms with van der Waals surface area (Å²) in [7, 11) is 3.54. The quantitative estimate of drug-likeness (QED) is 0.703. The van der Waals surface area contributed by atoms with Crippen molar-refractivity contribution >= 4 is 0 Å². The number of rotatable bonds is 4. The molecule has 0 heterocycles. The van der Waals surface area contributed by atoms with E-state index < -0.39 is 0 Å². The molecule has 3 heteroatoms. The summed E-state index contributed by atoms with van der Waals surface area (Å²) in [5, 5.41) is 0. The predicted molar refractivity (Wildman–Crippen MR) is 52.9 cm³/mol. The lowest BCUT2D eigenvalue weighted by atomic mass is 10.2. The van der Waals surface area contributed by atoms with E-state index in [1.807, 2.05) is 30.1 Å². The van der Waals surface area contributed by atoms with Crippen molar-refractivity contribution in [1.29, 1.82) is 0 Å². The number of methoxy groups -OCH3 is 1. The Balaban J connectivity index is 2.50. The maximum atomic E-state index is 5.67. The second-order valence-electron chi connectivity index (χ2n) is 3.03. The largest absolute Gasteiger partial charge is 0.353 e. The van der Waals surface area contributed by atoms with Crippen molar-refractivity contribution in [1.82, 2.24) is 4.90 Å². The molecule has 3 nitrogen and oxygen atoms in total. The predicted octanol–water partition coefficient (Wildman–Crippen LogP) is 1.01. The van der Waals surface area contributed by atoms with Crippen LogP contribution in [0.2, 0.25) is 0 Å².